The average Bonchev–Trinajstić information content (AvgIpc) is 2.75. The molecular weight excluding hydrogens is 408 g/mol. The number of carbonyl (C=O) groups excluding carboxylic acids is 2. The van der Waals surface area contributed by atoms with Gasteiger partial charge in [-0.2, -0.15) is 0 Å². The fourth-order valence-electron chi connectivity index (χ4n) is 2.46. The lowest BCUT2D eigenvalue weighted by molar-refractivity contribution is 0.0526. The van der Waals surface area contributed by atoms with Crippen molar-refractivity contribution in [2.75, 3.05) is 23.1 Å². The Morgan fingerprint density at radius 2 is 1.77 bits per heavy atom. The predicted octanol–water partition coefficient (Wildman–Crippen LogP) is 3.39. The van der Waals surface area contributed by atoms with E-state index in [1.807, 2.05) is 0 Å². The first kappa shape index (κ1) is 20.9. The third kappa shape index (κ3) is 4.95. The molecule has 154 valence electrons. The van der Waals surface area contributed by atoms with Gasteiger partial charge in [-0.05, 0) is 43.3 Å². The summed E-state index contributed by atoms with van der Waals surface area (Å²) in [4.78, 5) is 32.1. The molecule has 0 aliphatic carbocycles. The van der Waals surface area contributed by atoms with E-state index in [9.17, 15) is 9.59 Å². The number of nitrogens with zero attached hydrogens (tertiary/aromatic N) is 2. The van der Waals surface area contributed by atoms with E-state index in [0.29, 0.717) is 34.3 Å². The van der Waals surface area contributed by atoms with Gasteiger partial charge in [-0.3, -0.25) is 15.6 Å². The van der Waals surface area contributed by atoms with Gasteiger partial charge in [-0.1, -0.05) is 23.7 Å². The summed E-state index contributed by atoms with van der Waals surface area (Å²) >= 11 is 6.02. The summed E-state index contributed by atoms with van der Waals surface area (Å²) in [6.07, 6.45) is 1.29. The Balaban J connectivity index is 1.68. The number of nitrogens with two attached hydrogens (primary N) is 1. The second kappa shape index (κ2) is 9.57. The van der Waals surface area contributed by atoms with Crippen LogP contribution in [0.4, 0.5) is 23.0 Å². The lowest BCUT2D eigenvalue weighted by Crippen LogP contribution is -2.30. The number of halogens is 1. The Hall–Kier alpha value is -3.85. The predicted molar refractivity (Wildman–Crippen MR) is 115 cm³/mol. The van der Waals surface area contributed by atoms with Crippen molar-refractivity contribution in [3.8, 4) is 0 Å². The van der Waals surface area contributed by atoms with Crippen LogP contribution in [-0.2, 0) is 4.74 Å². The highest BCUT2D eigenvalue weighted by Crippen LogP contribution is 2.25. The topological polar surface area (TPSA) is 131 Å². The maximum atomic E-state index is 12.3. The van der Waals surface area contributed by atoms with Crippen LogP contribution < -0.4 is 21.9 Å². The quantitative estimate of drug-likeness (QED) is 0.334. The van der Waals surface area contributed by atoms with Gasteiger partial charge in [0.2, 0.25) is 0 Å². The van der Waals surface area contributed by atoms with Crippen molar-refractivity contribution in [1.82, 2.24) is 15.4 Å². The number of hydrazine groups is 1. The highest BCUT2D eigenvalue weighted by molar-refractivity contribution is 6.33. The van der Waals surface area contributed by atoms with Gasteiger partial charge in [0.15, 0.2) is 11.6 Å². The minimum atomic E-state index is -0.442. The van der Waals surface area contributed by atoms with Gasteiger partial charge in [0.25, 0.3) is 5.91 Å². The Labute approximate surface area is 177 Å². The number of esters is 1. The van der Waals surface area contributed by atoms with Gasteiger partial charge in [-0.25, -0.2) is 14.8 Å². The first-order valence-electron chi connectivity index (χ1n) is 8.95. The number of amides is 1. The van der Waals surface area contributed by atoms with Gasteiger partial charge < -0.3 is 15.8 Å². The Kier molecular flexibility index (Phi) is 6.66. The third-order valence-electron chi connectivity index (χ3n) is 3.96. The largest absolute Gasteiger partial charge is 0.462 e. The number of hydrogen-bond donors (Lipinski definition) is 4. The molecule has 0 saturated carbocycles. The van der Waals surface area contributed by atoms with E-state index < -0.39 is 11.9 Å². The van der Waals surface area contributed by atoms with Crippen LogP contribution in [0, 0.1) is 0 Å². The third-order valence-corrected chi connectivity index (χ3v) is 4.29. The molecular formula is C20H19ClN6O3. The standard InChI is InChI=1S/C20H19ClN6O3/c1-2-30-20(29)12-7-9-13(10-8-12)25-17-16(22)18(24-11-23-17)26-27-19(28)14-5-3-4-6-15(14)21/h3-11H,2,22H2,1H3,(H,27,28)(H2,23,24,25,26). The fourth-order valence-corrected chi connectivity index (χ4v) is 2.69. The normalized spacial score (nSPS) is 10.2. The molecule has 0 radical (unpaired) electrons. The van der Waals surface area contributed by atoms with Crippen LogP contribution >= 0.6 is 11.6 Å². The first-order chi connectivity index (χ1) is 14.5. The highest BCUT2D eigenvalue weighted by atomic mass is 35.5. The number of ether oxygens (including phenoxy) is 1. The van der Waals surface area contributed by atoms with Crippen LogP contribution in [0.3, 0.4) is 0 Å². The summed E-state index contributed by atoms with van der Waals surface area (Å²) in [5, 5.41) is 3.36. The number of nitrogen functional groups attached to an aromatic ring is 1. The highest BCUT2D eigenvalue weighted by Gasteiger charge is 2.13. The van der Waals surface area contributed by atoms with Crippen molar-refractivity contribution < 1.29 is 14.3 Å². The number of hydrogen-bond acceptors (Lipinski definition) is 8. The Morgan fingerprint density at radius 3 is 2.47 bits per heavy atom. The molecule has 9 nitrogen and oxygen atoms in total. The van der Waals surface area contributed by atoms with Crippen molar-refractivity contribution >= 4 is 46.5 Å². The Bertz CT molecular complexity index is 1060. The van der Waals surface area contributed by atoms with Crippen molar-refractivity contribution in [2.45, 2.75) is 6.92 Å². The van der Waals surface area contributed by atoms with E-state index in [2.05, 4.69) is 26.1 Å². The molecule has 0 fully saturated rings. The summed E-state index contributed by atoms with van der Waals surface area (Å²) in [5.74, 6) is -0.312. The van der Waals surface area contributed by atoms with E-state index in [4.69, 9.17) is 22.1 Å². The van der Waals surface area contributed by atoms with Crippen molar-refractivity contribution in [2.24, 2.45) is 0 Å². The summed E-state index contributed by atoms with van der Waals surface area (Å²) in [7, 11) is 0. The number of rotatable bonds is 7. The molecule has 0 aliphatic rings. The van der Waals surface area contributed by atoms with Crippen LogP contribution in [0.2, 0.25) is 5.02 Å². The maximum Gasteiger partial charge on any atom is 0.338 e. The number of nitrogens with one attached hydrogen (secondary N) is 3. The summed E-state index contributed by atoms with van der Waals surface area (Å²) < 4.78 is 4.96. The molecule has 0 spiro atoms. The van der Waals surface area contributed by atoms with Crippen LogP contribution in [-0.4, -0.2) is 28.5 Å². The molecule has 3 rings (SSSR count). The Morgan fingerprint density at radius 1 is 1.07 bits per heavy atom. The van der Waals surface area contributed by atoms with Crippen molar-refractivity contribution in [3.63, 3.8) is 0 Å². The molecule has 1 heterocycles. The SMILES string of the molecule is CCOC(=O)c1ccc(Nc2ncnc(NNC(=O)c3ccccc3Cl)c2N)cc1. The summed E-state index contributed by atoms with van der Waals surface area (Å²) in [6, 6.07) is 13.3. The lowest BCUT2D eigenvalue weighted by Gasteiger charge is -2.13. The van der Waals surface area contributed by atoms with E-state index >= 15 is 0 Å². The van der Waals surface area contributed by atoms with Crippen molar-refractivity contribution in [3.05, 3.63) is 71.0 Å². The van der Waals surface area contributed by atoms with Gasteiger partial charge >= 0.3 is 5.97 Å². The second-order valence-electron chi connectivity index (χ2n) is 5.97. The van der Waals surface area contributed by atoms with Gasteiger partial charge in [-0.15, -0.1) is 0 Å². The summed E-state index contributed by atoms with van der Waals surface area (Å²) in [5.41, 5.74) is 12.8. The van der Waals surface area contributed by atoms with E-state index in [0.717, 1.165) is 0 Å². The van der Waals surface area contributed by atoms with Gasteiger partial charge in [0, 0.05) is 5.69 Å². The first-order valence-corrected chi connectivity index (χ1v) is 9.33. The van der Waals surface area contributed by atoms with Crippen LogP contribution in [0.5, 0.6) is 0 Å². The zero-order valence-electron chi connectivity index (χ0n) is 16.0. The van der Waals surface area contributed by atoms with E-state index in [1.165, 1.54) is 6.33 Å². The lowest BCUT2D eigenvalue weighted by atomic mass is 10.2. The van der Waals surface area contributed by atoms with Crippen LogP contribution in [0.25, 0.3) is 0 Å². The van der Waals surface area contributed by atoms with Crippen molar-refractivity contribution in [1.29, 1.82) is 0 Å². The summed E-state index contributed by atoms with van der Waals surface area (Å²) in [6.45, 7) is 2.05. The molecule has 3 aromatic rings. The van der Waals surface area contributed by atoms with Gasteiger partial charge in [0.1, 0.15) is 12.0 Å². The monoisotopic (exact) mass is 426 g/mol. The number of carbonyl (C=O) groups is 2. The molecule has 0 bridgehead atoms. The average molecular weight is 427 g/mol. The van der Waals surface area contributed by atoms with E-state index in [-0.39, 0.29) is 11.5 Å². The zero-order chi connectivity index (χ0) is 21.5. The molecule has 0 aliphatic heterocycles. The van der Waals surface area contributed by atoms with Gasteiger partial charge in [0.05, 0.1) is 22.8 Å². The molecule has 2 aromatic carbocycles. The molecule has 5 N–H and O–H groups in total. The second-order valence-corrected chi connectivity index (χ2v) is 6.37. The smallest absolute Gasteiger partial charge is 0.338 e. The maximum absolute atomic E-state index is 12.3. The fraction of sp³-hybridized carbons (Fsp3) is 0.100. The minimum absolute atomic E-state index is 0.187. The minimum Gasteiger partial charge on any atom is -0.462 e. The van der Waals surface area contributed by atoms with E-state index in [1.54, 1.807) is 55.5 Å². The molecule has 30 heavy (non-hydrogen) atoms. The zero-order valence-corrected chi connectivity index (χ0v) is 16.7. The molecule has 10 heteroatoms. The number of aromatic nitrogens is 2. The number of benzene rings is 2. The molecule has 0 atom stereocenters. The molecule has 1 aromatic heterocycles. The van der Waals surface area contributed by atoms with Crippen LogP contribution in [0.1, 0.15) is 27.6 Å². The molecule has 0 unspecified atom stereocenters. The number of anilines is 4. The molecule has 0 saturated heterocycles. The van der Waals surface area contributed by atoms with Crippen LogP contribution in [0.15, 0.2) is 54.9 Å². The molecule has 1 amide bonds.